The highest BCUT2D eigenvalue weighted by atomic mass is 16.5. The molecule has 0 bridgehead atoms. The Morgan fingerprint density at radius 1 is 0.848 bits per heavy atom. The maximum absolute atomic E-state index is 13.1. The molecule has 0 aliphatic rings. The Hall–Kier alpha value is -3.94. The van der Waals surface area contributed by atoms with Crippen LogP contribution in [-0.4, -0.2) is 47.4 Å². The van der Waals surface area contributed by atoms with Crippen molar-refractivity contribution >= 4 is 39.1 Å². The highest BCUT2D eigenvalue weighted by Crippen LogP contribution is 2.26. The van der Waals surface area contributed by atoms with Crippen molar-refractivity contribution in [1.29, 1.82) is 0 Å². The predicted octanol–water partition coefficient (Wildman–Crippen LogP) is 3.18. The Labute approximate surface area is 190 Å². The van der Waals surface area contributed by atoms with Crippen molar-refractivity contribution in [2.75, 3.05) is 18.1 Å². The molecule has 7 heteroatoms. The number of rotatable bonds is 8. The van der Waals surface area contributed by atoms with Gasteiger partial charge < -0.3 is 20.7 Å². The molecular formula is C26H24N2O5. The van der Waals surface area contributed by atoms with E-state index < -0.39 is 30.6 Å². The summed E-state index contributed by atoms with van der Waals surface area (Å²) in [6.45, 7) is -0.912. The molecule has 4 aromatic rings. The van der Waals surface area contributed by atoms with Crippen LogP contribution >= 0.6 is 0 Å². The molecule has 0 heterocycles. The minimum atomic E-state index is -1.36. The van der Waals surface area contributed by atoms with E-state index in [0.29, 0.717) is 11.4 Å². The van der Waals surface area contributed by atoms with Crippen LogP contribution in [-0.2, 0) is 9.59 Å². The topological polar surface area (TPSA) is 113 Å². The van der Waals surface area contributed by atoms with Crippen LogP contribution in [0.4, 0.5) is 5.69 Å². The van der Waals surface area contributed by atoms with E-state index in [2.05, 4.69) is 0 Å². The van der Waals surface area contributed by atoms with E-state index in [0.717, 1.165) is 26.4 Å². The quantitative estimate of drug-likeness (QED) is 0.385. The standard InChI is InChI=1S/C26H24N2O5/c27-23(15-29)25(30)28(21-11-9-17-5-1-3-7-19(17)13-21)24(26(31)32)16-33-22-12-10-18-6-2-4-8-20(18)14-22/h1-14,23-24,29H,15-16,27H2,(H,31,32)/t23-,24-/m0/s1. The van der Waals surface area contributed by atoms with E-state index in [1.54, 1.807) is 24.3 Å². The Morgan fingerprint density at radius 3 is 2.03 bits per heavy atom. The summed E-state index contributed by atoms with van der Waals surface area (Å²) in [5.41, 5.74) is 6.16. The molecule has 7 nitrogen and oxygen atoms in total. The minimum absolute atomic E-state index is 0.301. The zero-order chi connectivity index (χ0) is 23.4. The maximum Gasteiger partial charge on any atom is 0.330 e. The summed E-state index contributed by atoms with van der Waals surface area (Å²) in [5.74, 6) is -1.47. The van der Waals surface area contributed by atoms with Crippen molar-refractivity contribution in [1.82, 2.24) is 0 Å². The molecule has 0 spiro atoms. The molecule has 0 saturated heterocycles. The molecule has 4 aromatic carbocycles. The van der Waals surface area contributed by atoms with Crippen LogP contribution in [0.5, 0.6) is 5.75 Å². The Morgan fingerprint density at radius 2 is 1.42 bits per heavy atom. The number of aliphatic hydroxyl groups is 1. The number of carbonyl (C=O) groups is 2. The number of aliphatic hydroxyl groups excluding tert-OH is 1. The van der Waals surface area contributed by atoms with Gasteiger partial charge in [0.15, 0.2) is 6.04 Å². The highest BCUT2D eigenvalue weighted by molar-refractivity contribution is 6.03. The number of carbonyl (C=O) groups excluding carboxylic acids is 1. The summed E-state index contributed by atoms with van der Waals surface area (Å²) >= 11 is 0. The van der Waals surface area contributed by atoms with E-state index >= 15 is 0 Å². The lowest BCUT2D eigenvalue weighted by atomic mass is 10.1. The molecule has 0 unspecified atom stereocenters. The first kappa shape index (κ1) is 22.3. The van der Waals surface area contributed by atoms with Crippen molar-refractivity contribution in [3.63, 3.8) is 0 Å². The van der Waals surface area contributed by atoms with Gasteiger partial charge in [-0.25, -0.2) is 4.79 Å². The molecule has 1 amide bonds. The van der Waals surface area contributed by atoms with Gasteiger partial charge in [0.1, 0.15) is 18.4 Å². The molecule has 2 atom stereocenters. The largest absolute Gasteiger partial charge is 0.491 e. The first-order chi connectivity index (χ1) is 16.0. The summed E-state index contributed by atoms with van der Waals surface area (Å²) in [5, 5.41) is 23.2. The number of anilines is 1. The van der Waals surface area contributed by atoms with Crippen LogP contribution in [0.25, 0.3) is 21.5 Å². The van der Waals surface area contributed by atoms with Crippen molar-refractivity contribution in [3.05, 3.63) is 84.9 Å². The normalized spacial score (nSPS) is 12.9. The molecule has 33 heavy (non-hydrogen) atoms. The lowest BCUT2D eigenvalue weighted by Gasteiger charge is -2.31. The van der Waals surface area contributed by atoms with Crippen LogP contribution in [0.3, 0.4) is 0 Å². The Balaban J connectivity index is 1.68. The van der Waals surface area contributed by atoms with E-state index in [4.69, 9.17) is 10.5 Å². The summed E-state index contributed by atoms with van der Waals surface area (Å²) in [6.07, 6.45) is 0. The number of nitrogens with two attached hydrogens (primary N) is 1. The van der Waals surface area contributed by atoms with Crippen molar-refractivity contribution < 1.29 is 24.5 Å². The fraction of sp³-hybridized carbons (Fsp3) is 0.154. The van der Waals surface area contributed by atoms with Gasteiger partial charge in [-0.1, -0.05) is 60.7 Å². The fourth-order valence-corrected chi connectivity index (χ4v) is 3.73. The number of hydrogen-bond donors (Lipinski definition) is 3. The molecule has 4 rings (SSSR count). The number of amides is 1. The van der Waals surface area contributed by atoms with Crippen molar-refractivity contribution in [2.24, 2.45) is 5.73 Å². The Kier molecular flexibility index (Phi) is 6.53. The maximum atomic E-state index is 13.1. The molecular weight excluding hydrogens is 420 g/mol. The minimum Gasteiger partial charge on any atom is -0.491 e. The molecule has 0 saturated carbocycles. The molecule has 4 N–H and O–H groups in total. The van der Waals surface area contributed by atoms with Gasteiger partial charge in [-0.3, -0.25) is 9.69 Å². The lowest BCUT2D eigenvalue weighted by Crippen LogP contribution is -2.55. The average Bonchev–Trinajstić information content (AvgIpc) is 2.85. The molecule has 168 valence electrons. The molecule has 0 fully saturated rings. The van der Waals surface area contributed by atoms with Crippen LogP contribution < -0.4 is 15.4 Å². The van der Waals surface area contributed by atoms with Crippen molar-refractivity contribution in [3.8, 4) is 5.75 Å². The van der Waals surface area contributed by atoms with Gasteiger partial charge in [0.25, 0.3) is 0 Å². The van der Waals surface area contributed by atoms with Gasteiger partial charge in [-0.05, 0) is 45.8 Å². The molecule has 0 aromatic heterocycles. The second kappa shape index (κ2) is 9.68. The van der Waals surface area contributed by atoms with E-state index in [-0.39, 0.29) is 6.61 Å². The van der Waals surface area contributed by atoms with Gasteiger partial charge in [0, 0.05) is 5.69 Å². The van der Waals surface area contributed by atoms with Crippen molar-refractivity contribution in [2.45, 2.75) is 12.1 Å². The molecule has 0 aliphatic carbocycles. The third-order valence-corrected chi connectivity index (χ3v) is 5.49. The first-order valence-electron chi connectivity index (χ1n) is 10.5. The average molecular weight is 444 g/mol. The summed E-state index contributed by atoms with van der Waals surface area (Å²) in [4.78, 5) is 26.4. The summed E-state index contributed by atoms with van der Waals surface area (Å²) < 4.78 is 5.81. The fourth-order valence-electron chi connectivity index (χ4n) is 3.73. The van der Waals surface area contributed by atoms with E-state index in [9.17, 15) is 19.8 Å². The highest BCUT2D eigenvalue weighted by Gasteiger charge is 2.34. The first-order valence-corrected chi connectivity index (χ1v) is 10.5. The third-order valence-electron chi connectivity index (χ3n) is 5.49. The zero-order valence-corrected chi connectivity index (χ0v) is 17.8. The van der Waals surface area contributed by atoms with Gasteiger partial charge in [0.05, 0.1) is 6.61 Å². The van der Waals surface area contributed by atoms with Crippen LogP contribution in [0, 0.1) is 0 Å². The second-order valence-corrected chi connectivity index (χ2v) is 7.70. The number of benzene rings is 4. The molecule has 0 radical (unpaired) electrons. The third kappa shape index (κ3) is 4.79. The lowest BCUT2D eigenvalue weighted by molar-refractivity contribution is -0.141. The number of carboxylic acid groups (broad SMARTS) is 1. The zero-order valence-electron chi connectivity index (χ0n) is 17.8. The second-order valence-electron chi connectivity index (χ2n) is 7.70. The summed E-state index contributed by atoms with van der Waals surface area (Å²) in [6, 6.07) is 23.3. The van der Waals surface area contributed by atoms with Gasteiger partial charge in [-0.15, -0.1) is 0 Å². The predicted molar refractivity (Wildman–Crippen MR) is 127 cm³/mol. The summed E-state index contributed by atoms with van der Waals surface area (Å²) in [7, 11) is 0. The van der Waals surface area contributed by atoms with E-state index in [1.165, 1.54) is 0 Å². The number of hydrogen-bond acceptors (Lipinski definition) is 5. The van der Waals surface area contributed by atoms with Gasteiger partial charge in [-0.2, -0.15) is 0 Å². The Bertz CT molecular complexity index is 1310. The number of fused-ring (bicyclic) bond motifs is 2. The molecule has 0 aliphatic heterocycles. The SMILES string of the molecule is N[C@@H](CO)C(=O)N(c1ccc2ccccc2c1)[C@@H](COc1ccc2ccccc2c1)C(=O)O. The monoisotopic (exact) mass is 444 g/mol. The van der Waals surface area contributed by atoms with Gasteiger partial charge in [0.2, 0.25) is 5.91 Å². The number of nitrogens with zero attached hydrogens (tertiary/aromatic N) is 1. The van der Waals surface area contributed by atoms with Crippen LogP contribution in [0.15, 0.2) is 84.9 Å². The number of ether oxygens (including phenoxy) is 1. The van der Waals surface area contributed by atoms with Gasteiger partial charge >= 0.3 is 5.97 Å². The smallest absolute Gasteiger partial charge is 0.330 e. The number of aliphatic carboxylic acids is 1. The number of carboxylic acids is 1. The van der Waals surface area contributed by atoms with Crippen LogP contribution in [0.2, 0.25) is 0 Å². The van der Waals surface area contributed by atoms with Crippen LogP contribution in [0.1, 0.15) is 0 Å². The van der Waals surface area contributed by atoms with E-state index in [1.807, 2.05) is 60.7 Å².